The molecule has 1 heterocycles. The van der Waals surface area contributed by atoms with E-state index in [4.69, 9.17) is 0 Å². The summed E-state index contributed by atoms with van der Waals surface area (Å²) < 4.78 is 2.09. The van der Waals surface area contributed by atoms with E-state index < -0.39 is 0 Å². The largest absolute Gasteiger partial charge is 0.306 e. The minimum Gasteiger partial charge on any atom is -0.306 e. The van der Waals surface area contributed by atoms with Crippen LogP contribution in [0.4, 0.5) is 0 Å². The Hall–Kier alpha value is -0.870. The fourth-order valence-corrected chi connectivity index (χ4v) is 2.85. The van der Waals surface area contributed by atoms with Crippen LogP contribution in [0.2, 0.25) is 0 Å². The van der Waals surface area contributed by atoms with E-state index in [-0.39, 0.29) is 0 Å². The first-order valence-electron chi connectivity index (χ1n) is 5.43. The van der Waals surface area contributed by atoms with Crippen LogP contribution in [-0.4, -0.2) is 22.1 Å². The molecule has 4 heteroatoms. The van der Waals surface area contributed by atoms with Crippen LogP contribution < -0.4 is 0 Å². The number of thioether (sulfide) groups is 2. The maximum Gasteiger partial charge on any atom is 0.0991 e. The zero-order chi connectivity index (χ0) is 12.1. The van der Waals surface area contributed by atoms with E-state index in [1.807, 2.05) is 42.2 Å². The van der Waals surface area contributed by atoms with E-state index in [0.717, 1.165) is 11.5 Å². The van der Waals surface area contributed by atoms with Gasteiger partial charge in [-0.15, -0.1) is 0 Å². The molecule has 0 bridgehead atoms. The molecule has 0 atom stereocenters. The van der Waals surface area contributed by atoms with Crippen molar-refractivity contribution in [1.82, 2.24) is 9.55 Å². The standard InChI is InChI=1S/C13H16N2S2/c1-16-8-11-3-4-12(9-17-2)13(7-11)15-6-5-14-10-15/h3-7,10H,8-9H2,1-2H3. The Labute approximate surface area is 111 Å². The highest BCUT2D eigenvalue weighted by Crippen LogP contribution is 2.22. The lowest BCUT2D eigenvalue weighted by Crippen LogP contribution is -1.98. The maximum atomic E-state index is 4.13. The Morgan fingerprint density at radius 3 is 2.65 bits per heavy atom. The summed E-state index contributed by atoms with van der Waals surface area (Å²) in [6, 6.07) is 6.73. The molecule has 2 aromatic rings. The molecule has 0 N–H and O–H groups in total. The highest BCUT2D eigenvalue weighted by Gasteiger charge is 2.05. The van der Waals surface area contributed by atoms with Gasteiger partial charge in [-0.25, -0.2) is 4.98 Å². The molecule has 0 aliphatic carbocycles. The summed E-state index contributed by atoms with van der Waals surface area (Å²) in [6.45, 7) is 0. The van der Waals surface area contributed by atoms with Gasteiger partial charge in [0.05, 0.1) is 12.0 Å². The first kappa shape index (κ1) is 12.6. The molecular weight excluding hydrogens is 248 g/mol. The smallest absolute Gasteiger partial charge is 0.0991 e. The van der Waals surface area contributed by atoms with Gasteiger partial charge < -0.3 is 4.57 Å². The van der Waals surface area contributed by atoms with Gasteiger partial charge in [-0.1, -0.05) is 12.1 Å². The molecule has 0 saturated heterocycles. The molecule has 0 amide bonds. The van der Waals surface area contributed by atoms with Crippen molar-refractivity contribution in [2.45, 2.75) is 11.5 Å². The molecule has 90 valence electrons. The number of aromatic nitrogens is 2. The van der Waals surface area contributed by atoms with Gasteiger partial charge in [-0.2, -0.15) is 23.5 Å². The van der Waals surface area contributed by atoms with Gasteiger partial charge in [0.15, 0.2) is 0 Å². The van der Waals surface area contributed by atoms with Crippen molar-refractivity contribution in [3.05, 3.63) is 48.0 Å². The highest BCUT2D eigenvalue weighted by atomic mass is 32.2. The first-order valence-corrected chi connectivity index (χ1v) is 8.22. The van der Waals surface area contributed by atoms with Gasteiger partial charge in [0.25, 0.3) is 0 Å². The minimum absolute atomic E-state index is 1.03. The monoisotopic (exact) mass is 264 g/mol. The Morgan fingerprint density at radius 1 is 1.18 bits per heavy atom. The predicted molar refractivity (Wildman–Crippen MR) is 78.0 cm³/mol. The quantitative estimate of drug-likeness (QED) is 0.822. The Bertz CT molecular complexity index is 466. The molecule has 0 aliphatic rings. The summed E-state index contributed by atoms with van der Waals surface area (Å²) in [5.74, 6) is 2.09. The average molecular weight is 264 g/mol. The molecule has 0 saturated carbocycles. The Morgan fingerprint density at radius 2 is 2.00 bits per heavy atom. The molecule has 0 fully saturated rings. The fraction of sp³-hybridized carbons (Fsp3) is 0.308. The van der Waals surface area contributed by atoms with Crippen molar-refractivity contribution in [2.24, 2.45) is 0 Å². The van der Waals surface area contributed by atoms with Crippen LogP contribution >= 0.6 is 23.5 Å². The Kier molecular flexibility index (Phi) is 4.57. The number of benzene rings is 1. The second-order valence-corrected chi connectivity index (χ2v) is 5.53. The van der Waals surface area contributed by atoms with Crippen molar-refractivity contribution in [3.8, 4) is 5.69 Å². The van der Waals surface area contributed by atoms with Gasteiger partial charge in [0.2, 0.25) is 0 Å². The zero-order valence-corrected chi connectivity index (χ0v) is 11.7. The lowest BCUT2D eigenvalue weighted by atomic mass is 10.1. The van der Waals surface area contributed by atoms with Gasteiger partial charge >= 0.3 is 0 Å². The lowest BCUT2D eigenvalue weighted by Gasteiger charge is -2.11. The second kappa shape index (κ2) is 6.17. The number of hydrogen-bond donors (Lipinski definition) is 0. The topological polar surface area (TPSA) is 17.8 Å². The van der Waals surface area contributed by atoms with E-state index in [2.05, 4.69) is 40.3 Å². The van der Waals surface area contributed by atoms with E-state index in [1.165, 1.54) is 16.8 Å². The average Bonchev–Trinajstić information content (AvgIpc) is 2.85. The highest BCUT2D eigenvalue weighted by molar-refractivity contribution is 7.98. The van der Waals surface area contributed by atoms with Crippen LogP contribution in [0.1, 0.15) is 11.1 Å². The molecule has 1 aromatic carbocycles. The van der Waals surface area contributed by atoms with Crippen molar-refractivity contribution in [2.75, 3.05) is 12.5 Å². The van der Waals surface area contributed by atoms with Crippen LogP contribution in [0.3, 0.4) is 0 Å². The van der Waals surface area contributed by atoms with E-state index in [9.17, 15) is 0 Å². The molecule has 2 nitrogen and oxygen atoms in total. The molecule has 0 radical (unpaired) electrons. The SMILES string of the molecule is CSCc1ccc(CSC)c(-n2ccnc2)c1. The third-order valence-electron chi connectivity index (χ3n) is 2.54. The van der Waals surface area contributed by atoms with Crippen molar-refractivity contribution >= 4 is 23.5 Å². The van der Waals surface area contributed by atoms with Gasteiger partial charge in [0, 0.05) is 23.9 Å². The van der Waals surface area contributed by atoms with E-state index >= 15 is 0 Å². The summed E-state index contributed by atoms with van der Waals surface area (Å²) in [5.41, 5.74) is 3.98. The molecule has 2 rings (SSSR count). The molecule has 0 spiro atoms. The van der Waals surface area contributed by atoms with Gasteiger partial charge in [-0.3, -0.25) is 0 Å². The summed E-state index contributed by atoms with van der Waals surface area (Å²) in [6.07, 6.45) is 9.95. The Balaban J connectivity index is 2.40. The van der Waals surface area contributed by atoms with Crippen LogP contribution in [0.5, 0.6) is 0 Å². The van der Waals surface area contributed by atoms with Crippen LogP contribution in [0.25, 0.3) is 5.69 Å². The molecular formula is C13H16N2S2. The van der Waals surface area contributed by atoms with Crippen LogP contribution in [0.15, 0.2) is 36.9 Å². The lowest BCUT2D eigenvalue weighted by molar-refractivity contribution is 1.03. The first-order chi connectivity index (χ1) is 8.35. The fourth-order valence-electron chi connectivity index (χ4n) is 1.79. The van der Waals surface area contributed by atoms with Crippen LogP contribution in [-0.2, 0) is 11.5 Å². The molecule has 17 heavy (non-hydrogen) atoms. The zero-order valence-electron chi connectivity index (χ0n) is 10.1. The predicted octanol–water partition coefficient (Wildman–Crippen LogP) is 3.60. The summed E-state index contributed by atoms with van der Waals surface area (Å²) in [7, 11) is 0. The molecule has 1 aromatic heterocycles. The van der Waals surface area contributed by atoms with Gasteiger partial charge in [-0.05, 0) is 29.7 Å². The van der Waals surface area contributed by atoms with E-state index in [0.29, 0.717) is 0 Å². The number of hydrogen-bond acceptors (Lipinski definition) is 3. The van der Waals surface area contributed by atoms with Crippen molar-refractivity contribution in [1.29, 1.82) is 0 Å². The van der Waals surface area contributed by atoms with Crippen molar-refractivity contribution < 1.29 is 0 Å². The third-order valence-corrected chi connectivity index (χ3v) is 3.76. The summed E-state index contributed by atoms with van der Waals surface area (Å²) in [4.78, 5) is 4.13. The number of nitrogens with zero attached hydrogens (tertiary/aromatic N) is 2. The summed E-state index contributed by atoms with van der Waals surface area (Å²) >= 11 is 3.70. The minimum atomic E-state index is 1.03. The second-order valence-electron chi connectivity index (χ2n) is 3.80. The van der Waals surface area contributed by atoms with Crippen molar-refractivity contribution in [3.63, 3.8) is 0 Å². The molecule has 0 unspecified atom stereocenters. The summed E-state index contributed by atoms with van der Waals surface area (Å²) in [5, 5.41) is 0. The maximum absolute atomic E-state index is 4.13. The van der Waals surface area contributed by atoms with Crippen LogP contribution in [0, 0.1) is 0 Å². The third kappa shape index (κ3) is 3.07. The number of rotatable bonds is 5. The number of imidazole rings is 1. The van der Waals surface area contributed by atoms with Gasteiger partial charge in [0.1, 0.15) is 0 Å². The molecule has 0 aliphatic heterocycles. The van der Waals surface area contributed by atoms with E-state index in [1.54, 1.807) is 0 Å². The normalized spacial score (nSPS) is 10.7.